The number of nitrogens with two attached hydrogens (primary N) is 1. The summed E-state index contributed by atoms with van der Waals surface area (Å²) in [5.74, 6) is -1.08. The topological polar surface area (TPSA) is 143 Å². The molecular formula is C25H29FN6O5. The molecule has 11 nitrogen and oxygen atoms in total. The Kier molecular flexibility index (Phi) is 7.28. The van der Waals surface area contributed by atoms with Gasteiger partial charge >= 0.3 is 11.9 Å². The maximum absolute atomic E-state index is 16.4. The molecule has 1 aromatic carbocycles. The second kappa shape index (κ2) is 10.4. The fourth-order valence-corrected chi connectivity index (χ4v) is 4.03. The Balaban J connectivity index is 1.66. The Hall–Kier alpha value is -4.22. The fraction of sp³-hybridized carbons (Fsp3) is 0.400. The van der Waals surface area contributed by atoms with E-state index in [0.717, 1.165) is 11.8 Å². The first-order valence-corrected chi connectivity index (χ1v) is 11.8. The number of halogens is 1. The zero-order chi connectivity index (χ0) is 26.7. The smallest absolute Gasteiger partial charge is 0.315 e. The van der Waals surface area contributed by atoms with Crippen molar-refractivity contribution in [3.8, 4) is 0 Å². The Bertz CT molecular complexity index is 1320. The van der Waals surface area contributed by atoms with Crippen LogP contribution in [0.25, 0.3) is 11.2 Å². The van der Waals surface area contributed by atoms with Crippen LogP contribution in [0.1, 0.15) is 39.0 Å². The van der Waals surface area contributed by atoms with Crippen LogP contribution in [-0.2, 0) is 30.2 Å². The molecule has 2 aromatic heterocycles. The summed E-state index contributed by atoms with van der Waals surface area (Å²) in [5.41, 5.74) is 4.83. The Morgan fingerprint density at radius 2 is 2.00 bits per heavy atom. The number of rotatable bonds is 8. The minimum Gasteiger partial charge on any atom is -0.463 e. The molecule has 0 radical (unpaired) electrons. The lowest BCUT2D eigenvalue weighted by atomic mass is 10.0. The van der Waals surface area contributed by atoms with Gasteiger partial charge in [0.1, 0.15) is 12.6 Å². The quantitative estimate of drug-likeness (QED) is 0.341. The second-order valence-electron chi connectivity index (χ2n) is 9.27. The molecule has 0 amide bonds. The molecule has 0 unspecified atom stereocenters. The van der Waals surface area contributed by atoms with Gasteiger partial charge in [0.25, 0.3) is 0 Å². The van der Waals surface area contributed by atoms with E-state index in [1.165, 1.54) is 17.8 Å². The van der Waals surface area contributed by atoms with E-state index in [0.29, 0.717) is 11.3 Å². The maximum atomic E-state index is 16.4. The van der Waals surface area contributed by atoms with Crippen molar-refractivity contribution in [3.63, 3.8) is 0 Å². The fourth-order valence-electron chi connectivity index (χ4n) is 4.03. The number of nitrogens with zero attached hydrogens (tertiary/aromatic N) is 4. The van der Waals surface area contributed by atoms with Gasteiger partial charge in [-0.2, -0.15) is 9.97 Å². The summed E-state index contributed by atoms with van der Waals surface area (Å²) in [7, 11) is 1.64. The average Bonchev–Trinajstić information content (AvgIpc) is 3.35. The molecular weight excluding hydrogens is 483 g/mol. The van der Waals surface area contributed by atoms with Gasteiger partial charge in [-0.1, -0.05) is 44.2 Å². The molecule has 0 saturated carbocycles. The van der Waals surface area contributed by atoms with E-state index >= 15 is 4.39 Å². The molecule has 37 heavy (non-hydrogen) atoms. The number of nitrogens with one attached hydrogen (secondary N) is 1. The summed E-state index contributed by atoms with van der Waals surface area (Å²) < 4.78 is 34.4. The van der Waals surface area contributed by atoms with Crippen LogP contribution >= 0.6 is 0 Å². The predicted molar refractivity (Wildman–Crippen MR) is 133 cm³/mol. The van der Waals surface area contributed by atoms with Crippen molar-refractivity contribution in [2.24, 2.45) is 5.92 Å². The third-order valence-corrected chi connectivity index (χ3v) is 5.75. The first-order valence-electron chi connectivity index (χ1n) is 11.8. The summed E-state index contributed by atoms with van der Waals surface area (Å²) in [6.07, 6.45) is -0.478. The standard InChI is InChI=1S/C25H29FN6O5/c1-14(2)10-18(34)37-20-16(12-35-17(33)11-15-8-6-5-7-9-15)36-23(25(20,3)26)32-13-29-19-21(28-4)30-24(27)31-22(19)32/h5-9,12-14,20,23H,10-11H2,1-4H3,(H3,27,28,30,31)/b16-12+/t20-,23-,25-/m1/s1. The molecule has 0 bridgehead atoms. The number of imidazole rings is 1. The van der Waals surface area contributed by atoms with Crippen LogP contribution in [0.4, 0.5) is 16.2 Å². The Morgan fingerprint density at radius 3 is 2.68 bits per heavy atom. The summed E-state index contributed by atoms with van der Waals surface area (Å²) in [6, 6.07) is 9.00. The molecule has 1 aliphatic rings. The number of anilines is 2. The van der Waals surface area contributed by atoms with E-state index in [4.69, 9.17) is 19.9 Å². The van der Waals surface area contributed by atoms with E-state index in [9.17, 15) is 9.59 Å². The van der Waals surface area contributed by atoms with Gasteiger partial charge in [0, 0.05) is 13.5 Å². The zero-order valence-corrected chi connectivity index (χ0v) is 21.0. The number of alkyl halides is 1. The minimum atomic E-state index is -2.29. The number of ether oxygens (including phenoxy) is 3. The lowest BCUT2D eigenvalue weighted by Crippen LogP contribution is -2.40. The zero-order valence-electron chi connectivity index (χ0n) is 21.0. The summed E-state index contributed by atoms with van der Waals surface area (Å²) in [5, 5.41) is 2.87. The molecule has 3 heterocycles. The highest BCUT2D eigenvalue weighted by Crippen LogP contribution is 2.46. The van der Waals surface area contributed by atoms with E-state index in [2.05, 4.69) is 20.3 Å². The van der Waals surface area contributed by atoms with Crippen LogP contribution in [0.2, 0.25) is 0 Å². The highest BCUT2D eigenvalue weighted by atomic mass is 19.1. The van der Waals surface area contributed by atoms with Gasteiger partial charge in [-0.05, 0) is 18.4 Å². The number of aromatic nitrogens is 4. The van der Waals surface area contributed by atoms with E-state index in [1.807, 2.05) is 19.9 Å². The molecule has 12 heteroatoms. The normalized spacial score (nSPS) is 22.3. The van der Waals surface area contributed by atoms with Gasteiger partial charge < -0.3 is 25.3 Å². The molecule has 4 rings (SSSR count). The van der Waals surface area contributed by atoms with Crippen LogP contribution in [0.3, 0.4) is 0 Å². The number of hydrogen-bond acceptors (Lipinski definition) is 10. The van der Waals surface area contributed by atoms with Crippen molar-refractivity contribution in [1.82, 2.24) is 19.5 Å². The van der Waals surface area contributed by atoms with Crippen LogP contribution in [0.15, 0.2) is 48.7 Å². The number of fused-ring (bicyclic) bond motifs is 1. The molecule has 196 valence electrons. The highest BCUT2D eigenvalue weighted by Gasteiger charge is 2.57. The summed E-state index contributed by atoms with van der Waals surface area (Å²) in [6.45, 7) is 4.91. The number of hydrogen-bond donors (Lipinski definition) is 2. The van der Waals surface area contributed by atoms with Crippen molar-refractivity contribution in [2.45, 2.75) is 51.6 Å². The second-order valence-corrected chi connectivity index (χ2v) is 9.27. The number of carbonyl (C=O) groups is 2. The maximum Gasteiger partial charge on any atom is 0.315 e. The Morgan fingerprint density at radius 1 is 1.27 bits per heavy atom. The van der Waals surface area contributed by atoms with Gasteiger partial charge in [-0.3, -0.25) is 14.2 Å². The third-order valence-electron chi connectivity index (χ3n) is 5.75. The SMILES string of the molecule is CNc1nc(N)nc2c1ncn2[C@@H]1O/C(=C/OC(=O)Cc2ccccc2)[C@@H](OC(=O)CC(C)C)[C@@]1(C)F. The van der Waals surface area contributed by atoms with Crippen molar-refractivity contribution in [3.05, 3.63) is 54.2 Å². The first kappa shape index (κ1) is 25.9. The van der Waals surface area contributed by atoms with Crippen LogP contribution in [-0.4, -0.2) is 50.3 Å². The summed E-state index contributed by atoms with van der Waals surface area (Å²) in [4.78, 5) is 37.5. The van der Waals surface area contributed by atoms with Crippen molar-refractivity contribution >= 4 is 34.9 Å². The number of carbonyl (C=O) groups excluding carboxylic acids is 2. The van der Waals surface area contributed by atoms with Gasteiger partial charge in [0.15, 0.2) is 22.7 Å². The van der Waals surface area contributed by atoms with Crippen LogP contribution < -0.4 is 11.1 Å². The largest absolute Gasteiger partial charge is 0.463 e. The molecule has 0 aliphatic carbocycles. The van der Waals surface area contributed by atoms with E-state index in [-0.39, 0.29) is 36.1 Å². The molecule has 1 aliphatic heterocycles. The predicted octanol–water partition coefficient (Wildman–Crippen LogP) is 3.29. The van der Waals surface area contributed by atoms with Crippen molar-refractivity contribution < 1.29 is 28.2 Å². The number of esters is 2. The number of nitrogen functional groups attached to an aromatic ring is 1. The first-order chi connectivity index (χ1) is 17.6. The third kappa shape index (κ3) is 5.47. The van der Waals surface area contributed by atoms with Crippen LogP contribution in [0, 0.1) is 5.92 Å². The Labute approximate surface area is 212 Å². The molecule has 0 spiro atoms. The van der Waals surface area contributed by atoms with Gasteiger partial charge in [0.05, 0.1) is 6.42 Å². The molecule has 1 saturated heterocycles. The van der Waals surface area contributed by atoms with Gasteiger partial charge in [0.2, 0.25) is 23.9 Å². The molecule has 3 N–H and O–H groups in total. The lowest BCUT2D eigenvalue weighted by molar-refractivity contribution is -0.154. The monoisotopic (exact) mass is 512 g/mol. The van der Waals surface area contributed by atoms with Crippen molar-refractivity contribution in [2.75, 3.05) is 18.1 Å². The van der Waals surface area contributed by atoms with Gasteiger partial charge in [-0.15, -0.1) is 0 Å². The molecule has 1 fully saturated rings. The van der Waals surface area contributed by atoms with E-state index < -0.39 is 29.9 Å². The van der Waals surface area contributed by atoms with Crippen LogP contribution in [0.5, 0.6) is 0 Å². The highest BCUT2D eigenvalue weighted by molar-refractivity contribution is 5.84. The lowest BCUT2D eigenvalue weighted by Gasteiger charge is -2.25. The number of benzene rings is 1. The van der Waals surface area contributed by atoms with E-state index in [1.54, 1.807) is 31.3 Å². The van der Waals surface area contributed by atoms with Crippen molar-refractivity contribution in [1.29, 1.82) is 0 Å². The van der Waals surface area contributed by atoms with Gasteiger partial charge in [-0.25, -0.2) is 9.37 Å². The average molecular weight is 513 g/mol. The molecule has 3 aromatic rings. The molecule has 3 atom stereocenters. The summed E-state index contributed by atoms with van der Waals surface area (Å²) >= 11 is 0. The minimum absolute atomic E-state index is 0.00606.